The molecule has 2 rings (SSSR count). The summed E-state index contributed by atoms with van der Waals surface area (Å²) in [7, 11) is 0. The zero-order valence-electron chi connectivity index (χ0n) is 21.3. The van der Waals surface area contributed by atoms with E-state index in [9.17, 15) is 14.4 Å². The monoisotopic (exact) mass is 556 g/mol. The second-order valence-corrected chi connectivity index (χ2v) is 8.93. The summed E-state index contributed by atoms with van der Waals surface area (Å²) in [5, 5.41) is 3.43. The van der Waals surface area contributed by atoms with Gasteiger partial charge >= 0.3 is 12.1 Å². The van der Waals surface area contributed by atoms with Crippen LogP contribution < -0.4 is 15.8 Å². The van der Waals surface area contributed by atoms with Crippen LogP contribution in [0.2, 0.25) is 5.02 Å². The number of esters is 1. The van der Waals surface area contributed by atoms with Crippen molar-refractivity contribution in [1.82, 2.24) is 5.32 Å². The van der Waals surface area contributed by atoms with Gasteiger partial charge in [-0.05, 0) is 68.7 Å². The Morgan fingerprint density at radius 3 is 2.19 bits per heavy atom. The lowest BCUT2D eigenvalue weighted by atomic mass is 10.1. The van der Waals surface area contributed by atoms with E-state index in [1.54, 1.807) is 50.2 Å². The van der Waals surface area contributed by atoms with E-state index in [1.807, 2.05) is 19.1 Å². The SMILES string of the molecule is CCC(CN)OC(=O)OC(C)OC(=O)C(C)(C)Oc1ccc(CCNC(=O)c2ccc(Cl)cc2)cc1.Cl. The zero-order valence-corrected chi connectivity index (χ0v) is 22.9. The molecule has 0 aliphatic carbocycles. The summed E-state index contributed by atoms with van der Waals surface area (Å²) in [4.78, 5) is 36.5. The summed E-state index contributed by atoms with van der Waals surface area (Å²) < 4.78 is 21.0. The standard InChI is InChI=1S/C26H33ClN2O7.ClH/c1-5-21(16-28)35-25(32)34-17(2)33-24(31)26(3,4)36-22-12-6-18(7-13-22)14-15-29-23(30)19-8-10-20(27)11-9-19;/h6-13,17,21H,5,14-16,28H2,1-4H3,(H,29,30);1H. The number of halogens is 2. The first kappa shape index (κ1) is 32.0. The molecule has 1 amide bonds. The molecule has 2 unspecified atom stereocenters. The van der Waals surface area contributed by atoms with Gasteiger partial charge in [0, 0.05) is 30.6 Å². The second-order valence-electron chi connectivity index (χ2n) is 8.49. The number of nitrogens with two attached hydrogens (primary N) is 1. The molecule has 11 heteroatoms. The molecule has 2 aromatic carbocycles. The van der Waals surface area contributed by atoms with Crippen LogP contribution in [0.3, 0.4) is 0 Å². The van der Waals surface area contributed by atoms with Crippen LogP contribution in [0.15, 0.2) is 48.5 Å². The molecule has 0 aromatic heterocycles. The van der Waals surface area contributed by atoms with Crippen molar-refractivity contribution in [3.63, 3.8) is 0 Å². The van der Waals surface area contributed by atoms with Crippen LogP contribution in [-0.2, 0) is 25.4 Å². The van der Waals surface area contributed by atoms with E-state index in [0.717, 1.165) is 5.56 Å². The molecule has 0 spiro atoms. The Labute approximate surface area is 228 Å². The molecule has 0 heterocycles. The molecule has 0 aliphatic rings. The predicted molar refractivity (Wildman–Crippen MR) is 142 cm³/mol. The number of nitrogens with one attached hydrogen (secondary N) is 1. The van der Waals surface area contributed by atoms with Crippen molar-refractivity contribution in [1.29, 1.82) is 0 Å². The highest BCUT2D eigenvalue weighted by Crippen LogP contribution is 2.21. The highest BCUT2D eigenvalue weighted by Gasteiger charge is 2.34. The summed E-state index contributed by atoms with van der Waals surface area (Å²) in [6, 6.07) is 13.8. The number of hydrogen-bond acceptors (Lipinski definition) is 8. The van der Waals surface area contributed by atoms with Crippen molar-refractivity contribution < 1.29 is 33.3 Å². The van der Waals surface area contributed by atoms with Crippen LogP contribution in [0.1, 0.15) is 50.0 Å². The van der Waals surface area contributed by atoms with Crippen LogP contribution in [0.5, 0.6) is 5.75 Å². The van der Waals surface area contributed by atoms with E-state index < -0.39 is 30.1 Å². The Hall–Kier alpha value is -3.01. The third-order valence-electron chi connectivity index (χ3n) is 5.11. The van der Waals surface area contributed by atoms with Crippen LogP contribution in [0.4, 0.5) is 4.79 Å². The first-order valence-electron chi connectivity index (χ1n) is 11.6. The molecule has 2 atom stereocenters. The Kier molecular flexibility index (Phi) is 13.2. The first-order chi connectivity index (χ1) is 17.0. The Morgan fingerprint density at radius 1 is 1.00 bits per heavy atom. The molecule has 0 saturated heterocycles. The fourth-order valence-corrected chi connectivity index (χ4v) is 3.12. The molecule has 0 aliphatic heterocycles. The van der Waals surface area contributed by atoms with E-state index in [4.69, 9.17) is 36.3 Å². The highest BCUT2D eigenvalue weighted by atomic mass is 35.5. The third-order valence-corrected chi connectivity index (χ3v) is 5.36. The van der Waals surface area contributed by atoms with E-state index in [2.05, 4.69) is 5.32 Å². The van der Waals surface area contributed by atoms with Crippen molar-refractivity contribution in [3.05, 3.63) is 64.7 Å². The van der Waals surface area contributed by atoms with Gasteiger partial charge in [-0.15, -0.1) is 12.4 Å². The van der Waals surface area contributed by atoms with Crippen LogP contribution in [0.25, 0.3) is 0 Å². The van der Waals surface area contributed by atoms with Crippen molar-refractivity contribution in [2.24, 2.45) is 5.73 Å². The minimum absolute atomic E-state index is 0. The number of carbonyl (C=O) groups is 3. The summed E-state index contributed by atoms with van der Waals surface area (Å²) in [5.41, 5.74) is 5.65. The van der Waals surface area contributed by atoms with E-state index in [-0.39, 0.29) is 24.9 Å². The largest absolute Gasteiger partial charge is 0.511 e. The maximum atomic E-state index is 12.6. The summed E-state index contributed by atoms with van der Waals surface area (Å²) in [6.45, 7) is 6.92. The average molecular weight is 557 g/mol. The summed E-state index contributed by atoms with van der Waals surface area (Å²) in [6.07, 6.45) is -1.46. The minimum atomic E-state index is -1.35. The van der Waals surface area contributed by atoms with Gasteiger partial charge in [-0.1, -0.05) is 30.7 Å². The molecular formula is C26H34Cl2N2O7. The number of ether oxygens (including phenoxy) is 4. The van der Waals surface area contributed by atoms with Crippen LogP contribution in [-0.4, -0.2) is 49.1 Å². The topological polar surface area (TPSA) is 126 Å². The highest BCUT2D eigenvalue weighted by molar-refractivity contribution is 6.30. The van der Waals surface area contributed by atoms with Gasteiger partial charge in [0.2, 0.25) is 6.29 Å². The van der Waals surface area contributed by atoms with Crippen molar-refractivity contribution in [2.75, 3.05) is 13.1 Å². The zero-order chi connectivity index (χ0) is 26.7. The van der Waals surface area contributed by atoms with E-state index in [1.165, 1.54) is 6.92 Å². The fourth-order valence-electron chi connectivity index (χ4n) is 3.00. The second kappa shape index (κ2) is 15.3. The van der Waals surface area contributed by atoms with Gasteiger partial charge in [-0.2, -0.15) is 0 Å². The molecule has 2 aromatic rings. The number of carbonyl (C=O) groups excluding carboxylic acids is 3. The molecule has 9 nitrogen and oxygen atoms in total. The van der Waals surface area contributed by atoms with E-state index in [0.29, 0.717) is 35.7 Å². The molecule has 0 fully saturated rings. The first-order valence-corrected chi connectivity index (χ1v) is 12.0. The molecule has 0 bridgehead atoms. The predicted octanol–water partition coefficient (Wildman–Crippen LogP) is 4.67. The molecule has 3 N–H and O–H groups in total. The average Bonchev–Trinajstić information content (AvgIpc) is 2.83. The van der Waals surface area contributed by atoms with Gasteiger partial charge in [0.25, 0.3) is 5.91 Å². The number of benzene rings is 2. The van der Waals surface area contributed by atoms with Crippen molar-refractivity contribution >= 4 is 42.0 Å². The van der Waals surface area contributed by atoms with Gasteiger partial charge < -0.3 is 30.0 Å². The van der Waals surface area contributed by atoms with Crippen LogP contribution in [0, 0.1) is 0 Å². The minimum Gasteiger partial charge on any atom is -0.476 e. The van der Waals surface area contributed by atoms with E-state index >= 15 is 0 Å². The summed E-state index contributed by atoms with van der Waals surface area (Å²) >= 11 is 5.84. The normalized spacial score (nSPS) is 12.4. The smallest absolute Gasteiger partial charge is 0.476 e. The van der Waals surface area contributed by atoms with Crippen molar-refractivity contribution in [3.8, 4) is 5.75 Å². The van der Waals surface area contributed by atoms with Crippen LogP contribution >= 0.6 is 24.0 Å². The summed E-state index contributed by atoms with van der Waals surface area (Å²) in [5.74, 6) is -0.446. The molecule has 204 valence electrons. The quantitative estimate of drug-likeness (QED) is 0.285. The fraction of sp³-hybridized carbons (Fsp3) is 0.423. The third kappa shape index (κ3) is 10.9. The Bertz CT molecular complexity index is 1010. The lowest BCUT2D eigenvalue weighted by molar-refractivity contribution is -0.183. The molecule has 0 radical (unpaired) electrons. The lowest BCUT2D eigenvalue weighted by Gasteiger charge is -2.26. The van der Waals surface area contributed by atoms with Gasteiger partial charge in [0.1, 0.15) is 11.9 Å². The van der Waals surface area contributed by atoms with Gasteiger partial charge in [-0.3, -0.25) is 4.79 Å². The maximum Gasteiger partial charge on any atom is 0.511 e. The number of amides is 1. The lowest BCUT2D eigenvalue weighted by Crippen LogP contribution is -2.42. The van der Waals surface area contributed by atoms with Gasteiger partial charge in [-0.25, -0.2) is 9.59 Å². The molecular weight excluding hydrogens is 523 g/mol. The number of hydrogen-bond donors (Lipinski definition) is 2. The molecule has 37 heavy (non-hydrogen) atoms. The molecule has 0 saturated carbocycles. The van der Waals surface area contributed by atoms with Gasteiger partial charge in [0.05, 0.1) is 0 Å². The van der Waals surface area contributed by atoms with Crippen molar-refractivity contribution in [2.45, 2.75) is 58.5 Å². The maximum absolute atomic E-state index is 12.6. The van der Waals surface area contributed by atoms with Gasteiger partial charge in [0.15, 0.2) is 5.60 Å². The number of rotatable bonds is 12. The Morgan fingerprint density at radius 2 is 1.62 bits per heavy atom. The Balaban J connectivity index is 0.00000684.